The SMILES string of the molecule is CC(C)C[C@H](NC(=O)[C@H](CC(N)=O)NC(=O)[C@H](CO)NC(=O)[C@H](CO)NC(=O)[C@@H](N)Cc1ccc(O)cc1)C(=O)N[C@@H](CCC(=O)O)C(=O)N[C@@H](CO)C(=O)O. The van der Waals surface area contributed by atoms with Gasteiger partial charge < -0.3 is 74.0 Å². The molecule has 0 bridgehead atoms. The van der Waals surface area contributed by atoms with Crippen molar-refractivity contribution in [2.24, 2.45) is 17.4 Å². The molecule has 0 spiro atoms. The zero-order chi connectivity index (χ0) is 42.7. The molecule has 0 fully saturated rings. The molecule has 0 aromatic heterocycles. The zero-order valence-electron chi connectivity index (χ0n) is 30.6. The first kappa shape index (κ1) is 48.1. The van der Waals surface area contributed by atoms with Crippen LogP contribution in [0.25, 0.3) is 0 Å². The molecule has 23 nitrogen and oxygen atoms in total. The molecule has 0 aliphatic carbocycles. The fraction of sp³-hybridized carbons (Fsp3) is 0.545. The predicted molar refractivity (Wildman–Crippen MR) is 190 cm³/mol. The van der Waals surface area contributed by atoms with E-state index in [1.165, 1.54) is 24.3 Å². The van der Waals surface area contributed by atoms with Gasteiger partial charge in [-0.15, -0.1) is 0 Å². The summed E-state index contributed by atoms with van der Waals surface area (Å²) in [7, 11) is 0. The number of phenolic OH excluding ortho intramolecular Hbond substituents is 1. The van der Waals surface area contributed by atoms with Gasteiger partial charge in [-0.3, -0.25) is 38.4 Å². The first-order valence-electron chi connectivity index (χ1n) is 17.1. The summed E-state index contributed by atoms with van der Waals surface area (Å²) in [5.41, 5.74) is 11.7. The van der Waals surface area contributed by atoms with Gasteiger partial charge in [-0.05, 0) is 42.9 Å². The summed E-state index contributed by atoms with van der Waals surface area (Å²) in [6, 6.07) is -5.74. The molecule has 0 aliphatic rings. The normalized spacial score (nSPS) is 14.7. The molecule has 0 saturated carbocycles. The molecule has 0 heterocycles. The van der Waals surface area contributed by atoms with Crippen molar-refractivity contribution in [3.05, 3.63) is 29.8 Å². The van der Waals surface area contributed by atoms with Crippen molar-refractivity contribution in [2.45, 2.75) is 88.2 Å². The summed E-state index contributed by atoms with van der Waals surface area (Å²) in [4.78, 5) is 113. The quantitative estimate of drug-likeness (QED) is 0.0438. The minimum Gasteiger partial charge on any atom is -0.508 e. The Kier molecular flexibility index (Phi) is 20.4. The van der Waals surface area contributed by atoms with E-state index < -0.39 is 135 Å². The molecule has 0 aliphatic heterocycles. The van der Waals surface area contributed by atoms with Crippen LogP contribution in [0.4, 0.5) is 0 Å². The second-order valence-electron chi connectivity index (χ2n) is 13.0. The fourth-order valence-corrected chi connectivity index (χ4v) is 4.84. The average molecular weight is 799 g/mol. The number of phenols is 1. The number of aromatic hydroxyl groups is 1. The van der Waals surface area contributed by atoms with E-state index in [0.717, 1.165) is 0 Å². The number of carboxylic acid groups (broad SMARTS) is 2. The van der Waals surface area contributed by atoms with Crippen LogP contribution in [0.2, 0.25) is 0 Å². The van der Waals surface area contributed by atoms with Crippen LogP contribution in [-0.4, -0.2) is 146 Å². The lowest BCUT2D eigenvalue weighted by Gasteiger charge is -2.27. The lowest BCUT2D eigenvalue weighted by atomic mass is 10.0. The number of benzene rings is 1. The number of nitrogens with one attached hydrogen (secondary N) is 6. The van der Waals surface area contributed by atoms with Crippen LogP contribution in [-0.2, 0) is 49.6 Å². The lowest BCUT2D eigenvalue weighted by molar-refractivity contribution is -0.144. The van der Waals surface area contributed by atoms with Crippen molar-refractivity contribution in [1.82, 2.24) is 31.9 Å². The van der Waals surface area contributed by atoms with Crippen LogP contribution in [0.15, 0.2) is 24.3 Å². The van der Waals surface area contributed by atoms with Crippen LogP contribution >= 0.6 is 0 Å². The Bertz CT molecular complexity index is 1560. The molecule has 7 amide bonds. The van der Waals surface area contributed by atoms with Gasteiger partial charge in [-0.1, -0.05) is 26.0 Å². The van der Waals surface area contributed by atoms with Gasteiger partial charge in [0.15, 0.2) is 0 Å². The number of aliphatic hydroxyl groups excluding tert-OH is 3. The van der Waals surface area contributed by atoms with Crippen molar-refractivity contribution in [1.29, 1.82) is 0 Å². The third kappa shape index (κ3) is 17.0. The Morgan fingerprint density at radius 1 is 0.607 bits per heavy atom. The molecule has 0 radical (unpaired) electrons. The van der Waals surface area contributed by atoms with E-state index in [1.807, 2.05) is 5.32 Å². The van der Waals surface area contributed by atoms with E-state index >= 15 is 0 Å². The molecule has 7 atom stereocenters. The third-order valence-corrected chi connectivity index (χ3v) is 7.82. The van der Waals surface area contributed by atoms with E-state index in [9.17, 15) is 63.6 Å². The standard InChI is InChI=1S/C33H50N8O15/c1-15(2)9-20(29(51)36-19(7-8-26(47)48)28(50)41-24(14-44)33(55)56)37-30(52)21(11-25(35)46)38-31(53)23(13-43)40-32(54)22(12-42)39-27(49)18(34)10-16-3-5-17(45)6-4-16/h3-6,15,18-24,42-45H,7-14,34H2,1-2H3,(H2,35,46)(H,36,51)(H,37,52)(H,38,53)(H,39,49)(H,40,54)(H,41,50)(H,47,48)(H,55,56)/t18-,19-,20-,21-,22-,23-,24-/m0/s1. The van der Waals surface area contributed by atoms with Crippen LogP contribution in [0, 0.1) is 5.92 Å². The molecule has 23 heteroatoms. The Hall–Kier alpha value is -5.91. The first-order chi connectivity index (χ1) is 26.2. The number of hydrogen-bond acceptors (Lipinski definition) is 14. The third-order valence-electron chi connectivity index (χ3n) is 7.82. The van der Waals surface area contributed by atoms with Crippen LogP contribution in [0.5, 0.6) is 5.75 Å². The van der Waals surface area contributed by atoms with Gasteiger partial charge in [0.05, 0.1) is 32.3 Å². The maximum atomic E-state index is 13.4. The lowest BCUT2D eigenvalue weighted by Crippen LogP contribution is -2.61. The molecule has 312 valence electrons. The van der Waals surface area contributed by atoms with Gasteiger partial charge in [-0.25, -0.2) is 4.79 Å². The van der Waals surface area contributed by atoms with Gasteiger partial charge in [0.1, 0.15) is 42.0 Å². The Morgan fingerprint density at radius 2 is 1.02 bits per heavy atom. The molecular weight excluding hydrogens is 748 g/mol. The van der Waals surface area contributed by atoms with E-state index in [-0.39, 0.29) is 24.5 Å². The molecule has 0 saturated heterocycles. The van der Waals surface area contributed by atoms with Crippen LogP contribution in [0.1, 0.15) is 45.1 Å². The van der Waals surface area contributed by atoms with E-state index in [4.69, 9.17) is 21.7 Å². The first-order valence-corrected chi connectivity index (χ1v) is 17.1. The Morgan fingerprint density at radius 3 is 1.48 bits per heavy atom. The van der Waals surface area contributed by atoms with Crippen LogP contribution in [0.3, 0.4) is 0 Å². The minimum absolute atomic E-state index is 0.0188. The highest BCUT2D eigenvalue weighted by Gasteiger charge is 2.34. The maximum absolute atomic E-state index is 13.4. The molecule has 16 N–H and O–H groups in total. The summed E-state index contributed by atoms with van der Waals surface area (Å²) in [6.45, 7) is 0.184. The molecular formula is C33H50N8O15. The van der Waals surface area contributed by atoms with Gasteiger partial charge in [0.2, 0.25) is 41.4 Å². The number of amides is 7. The number of hydrogen-bond donors (Lipinski definition) is 14. The molecule has 0 unspecified atom stereocenters. The Labute approximate surface area is 319 Å². The molecule has 1 rings (SSSR count). The average Bonchev–Trinajstić information content (AvgIpc) is 3.12. The number of primary amides is 1. The molecule has 56 heavy (non-hydrogen) atoms. The number of carbonyl (C=O) groups is 9. The summed E-state index contributed by atoms with van der Waals surface area (Å²) in [5, 5.41) is 69.5. The molecule has 1 aromatic carbocycles. The smallest absolute Gasteiger partial charge is 0.328 e. The van der Waals surface area contributed by atoms with E-state index in [2.05, 4.69) is 26.6 Å². The second kappa shape index (κ2) is 23.8. The predicted octanol–water partition coefficient (Wildman–Crippen LogP) is -5.98. The van der Waals surface area contributed by atoms with Crippen molar-refractivity contribution >= 4 is 53.3 Å². The number of nitrogens with two attached hydrogens (primary N) is 2. The largest absolute Gasteiger partial charge is 0.508 e. The van der Waals surface area contributed by atoms with Crippen molar-refractivity contribution < 1.29 is 73.8 Å². The second-order valence-corrected chi connectivity index (χ2v) is 13.0. The molecule has 1 aromatic rings. The highest BCUT2D eigenvalue weighted by molar-refractivity contribution is 5.98. The van der Waals surface area contributed by atoms with Gasteiger partial charge >= 0.3 is 11.9 Å². The van der Waals surface area contributed by atoms with Gasteiger partial charge in [0, 0.05) is 6.42 Å². The Balaban J connectivity index is 3.12. The van der Waals surface area contributed by atoms with E-state index in [0.29, 0.717) is 5.56 Å². The number of carbonyl (C=O) groups excluding carboxylic acids is 7. The highest BCUT2D eigenvalue weighted by atomic mass is 16.4. The zero-order valence-corrected chi connectivity index (χ0v) is 30.6. The summed E-state index contributed by atoms with van der Waals surface area (Å²) >= 11 is 0. The van der Waals surface area contributed by atoms with Crippen molar-refractivity contribution in [3.8, 4) is 5.75 Å². The summed E-state index contributed by atoms with van der Waals surface area (Å²) in [6.07, 6.45) is -2.20. The topological polar surface area (TPSA) is 399 Å². The summed E-state index contributed by atoms with van der Waals surface area (Å²) < 4.78 is 0. The van der Waals surface area contributed by atoms with E-state index in [1.54, 1.807) is 13.8 Å². The maximum Gasteiger partial charge on any atom is 0.328 e. The number of aliphatic hydroxyl groups is 3. The van der Waals surface area contributed by atoms with Crippen LogP contribution < -0.4 is 43.4 Å². The number of rotatable bonds is 25. The van der Waals surface area contributed by atoms with Gasteiger partial charge in [-0.2, -0.15) is 0 Å². The van der Waals surface area contributed by atoms with Crippen molar-refractivity contribution in [2.75, 3.05) is 19.8 Å². The monoisotopic (exact) mass is 798 g/mol. The van der Waals surface area contributed by atoms with Crippen molar-refractivity contribution in [3.63, 3.8) is 0 Å². The number of carboxylic acids is 2. The number of aliphatic carboxylic acids is 2. The summed E-state index contributed by atoms with van der Waals surface area (Å²) in [5.74, 6) is -11.1. The minimum atomic E-state index is -1.83. The van der Waals surface area contributed by atoms with Gasteiger partial charge in [0.25, 0.3) is 0 Å². The highest BCUT2D eigenvalue weighted by Crippen LogP contribution is 2.11. The fourth-order valence-electron chi connectivity index (χ4n) is 4.84.